The molecule has 1 heterocycles. The van der Waals surface area contributed by atoms with Crippen LogP contribution in [-0.4, -0.2) is 49.0 Å². The molecule has 0 unspecified atom stereocenters. The van der Waals surface area contributed by atoms with Crippen LogP contribution in [0.1, 0.15) is 94.2 Å². The second kappa shape index (κ2) is 16.3. The third-order valence-corrected chi connectivity index (χ3v) is 8.44. The van der Waals surface area contributed by atoms with Crippen LogP contribution < -0.4 is 15.4 Å². The van der Waals surface area contributed by atoms with E-state index in [-0.39, 0.29) is 17.9 Å². The molecule has 1 amide bonds. The minimum Gasteiger partial charge on any atom is -0.496 e. The van der Waals surface area contributed by atoms with Gasteiger partial charge in [-0.2, -0.15) is 0 Å². The number of aryl methyl sites for hydroxylation is 1. The number of amides is 1. The minimum absolute atomic E-state index is 0.0924. The van der Waals surface area contributed by atoms with Crippen LogP contribution in [0.15, 0.2) is 47.7 Å². The van der Waals surface area contributed by atoms with E-state index in [0.717, 1.165) is 87.7 Å². The Morgan fingerprint density at radius 1 is 1.10 bits per heavy atom. The highest BCUT2D eigenvalue weighted by atomic mass is 16.5. The van der Waals surface area contributed by atoms with E-state index in [0.29, 0.717) is 11.8 Å². The normalized spacial score (nSPS) is 20.0. The van der Waals surface area contributed by atoms with E-state index in [1.54, 1.807) is 19.5 Å². The SMILES string of the molecule is CO.COc1ccc(C2CCC(CN(C(=O)C3CCCCC3)c3cc(/C(C=NC(C)C)=C/N)ccn3)CC2)cc1C. The highest BCUT2D eigenvalue weighted by Crippen LogP contribution is 2.38. The molecule has 0 bridgehead atoms. The molecule has 7 heteroatoms. The number of aliphatic hydroxyl groups excluding tert-OH is 1. The zero-order valence-electron chi connectivity index (χ0n) is 25.7. The largest absolute Gasteiger partial charge is 0.496 e. The summed E-state index contributed by atoms with van der Waals surface area (Å²) in [5.74, 6) is 3.03. The highest BCUT2D eigenvalue weighted by molar-refractivity contribution is 6.10. The average molecular weight is 563 g/mol. The molecule has 2 fully saturated rings. The van der Waals surface area contributed by atoms with Crippen molar-refractivity contribution in [2.75, 3.05) is 25.7 Å². The molecule has 0 atom stereocenters. The average Bonchev–Trinajstić information content (AvgIpc) is 3.01. The lowest BCUT2D eigenvalue weighted by Crippen LogP contribution is -2.41. The maximum Gasteiger partial charge on any atom is 0.231 e. The number of aliphatic hydroxyl groups is 1. The quantitative estimate of drug-likeness (QED) is 0.332. The minimum atomic E-state index is 0.0924. The second-order valence-corrected chi connectivity index (χ2v) is 11.6. The summed E-state index contributed by atoms with van der Waals surface area (Å²) in [4.78, 5) is 25.1. The fourth-order valence-electron chi connectivity index (χ4n) is 6.15. The Labute approximate surface area is 246 Å². The molecule has 3 N–H and O–H groups in total. The number of benzene rings is 1. The van der Waals surface area contributed by atoms with Crippen molar-refractivity contribution in [1.29, 1.82) is 0 Å². The number of anilines is 1. The first-order valence-corrected chi connectivity index (χ1v) is 15.2. The summed E-state index contributed by atoms with van der Waals surface area (Å²) in [5.41, 5.74) is 10.3. The van der Waals surface area contributed by atoms with Crippen molar-refractivity contribution in [1.82, 2.24) is 4.98 Å². The Balaban J connectivity index is 0.00000226. The Morgan fingerprint density at radius 2 is 1.80 bits per heavy atom. The van der Waals surface area contributed by atoms with Crippen molar-refractivity contribution >= 4 is 23.5 Å². The number of carbonyl (C=O) groups excluding carboxylic acids is 1. The van der Waals surface area contributed by atoms with Crippen LogP contribution in [0, 0.1) is 18.8 Å². The number of aromatic nitrogens is 1. The molecule has 0 spiro atoms. The molecule has 2 aliphatic rings. The van der Waals surface area contributed by atoms with Gasteiger partial charge in [-0.3, -0.25) is 14.7 Å². The lowest BCUT2D eigenvalue weighted by molar-refractivity contribution is -0.123. The summed E-state index contributed by atoms with van der Waals surface area (Å²) in [6.45, 7) is 6.92. The molecule has 1 aromatic carbocycles. The number of rotatable bonds is 9. The monoisotopic (exact) mass is 562 g/mol. The molecule has 0 saturated heterocycles. The second-order valence-electron chi connectivity index (χ2n) is 11.6. The van der Waals surface area contributed by atoms with Crippen molar-refractivity contribution < 1.29 is 14.6 Å². The molecule has 224 valence electrons. The highest BCUT2D eigenvalue weighted by Gasteiger charge is 2.31. The van der Waals surface area contributed by atoms with Crippen LogP contribution in [0.4, 0.5) is 5.82 Å². The van der Waals surface area contributed by atoms with E-state index in [1.807, 2.05) is 37.1 Å². The summed E-state index contributed by atoms with van der Waals surface area (Å²) in [6, 6.07) is 10.7. The molecule has 2 saturated carbocycles. The Hall–Kier alpha value is -3.19. The van der Waals surface area contributed by atoms with Gasteiger partial charge in [0, 0.05) is 49.8 Å². The molecular weight excluding hydrogens is 512 g/mol. The zero-order chi connectivity index (χ0) is 29.8. The van der Waals surface area contributed by atoms with Crippen LogP contribution in [-0.2, 0) is 4.79 Å². The number of pyridine rings is 1. The van der Waals surface area contributed by atoms with Crippen LogP contribution in [0.2, 0.25) is 0 Å². The fourth-order valence-corrected chi connectivity index (χ4v) is 6.15. The van der Waals surface area contributed by atoms with Gasteiger partial charge in [-0.15, -0.1) is 0 Å². The first kappa shape index (κ1) is 32.3. The van der Waals surface area contributed by atoms with Gasteiger partial charge in [0.25, 0.3) is 0 Å². The van der Waals surface area contributed by atoms with Crippen molar-refractivity contribution in [2.24, 2.45) is 22.6 Å². The Kier molecular flexibility index (Phi) is 12.9. The maximum atomic E-state index is 13.9. The molecular formula is C34H50N4O3. The van der Waals surface area contributed by atoms with E-state index >= 15 is 0 Å². The number of aliphatic imine (C=N–C) groups is 1. The summed E-state index contributed by atoms with van der Waals surface area (Å²) in [5, 5.41) is 7.00. The van der Waals surface area contributed by atoms with Gasteiger partial charge in [-0.1, -0.05) is 31.4 Å². The van der Waals surface area contributed by atoms with E-state index in [2.05, 4.69) is 30.1 Å². The number of hydrogen-bond donors (Lipinski definition) is 2. The number of allylic oxidation sites excluding steroid dienone is 1. The Morgan fingerprint density at radius 3 is 2.41 bits per heavy atom. The van der Waals surface area contributed by atoms with Gasteiger partial charge < -0.3 is 15.6 Å². The van der Waals surface area contributed by atoms with Crippen LogP contribution in [0.5, 0.6) is 5.75 Å². The van der Waals surface area contributed by atoms with Gasteiger partial charge in [0.05, 0.1) is 7.11 Å². The molecule has 2 aliphatic carbocycles. The van der Waals surface area contributed by atoms with E-state index in [1.165, 1.54) is 17.5 Å². The number of hydrogen-bond acceptors (Lipinski definition) is 6. The van der Waals surface area contributed by atoms with Gasteiger partial charge in [0.15, 0.2) is 0 Å². The lowest BCUT2D eigenvalue weighted by atomic mass is 9.78. The van der Waals surface area contributed by atoms with Crippen LogP contribution in [0.25, 0.3) is 5.57 Å². The van der Waals surface area contributed by atoms with Gasteiger partial charge in [0.2, 0.25) is 5.91 Å². The predicted octanol–water partition coefficient (Wildman–Crippen LogP) is 6.67. The Bertz CT molecular complexity index is 1160. The smallest absolute Gasteiger partial charge is 0.231 e. The summed E-state index contributed by atoms with van der Waals surface area (Å²) >= 11 is 0. The number of ether oxygens (including phenoxy) is 1. The number of nitrogens with zero attached hydrogens (tertiary/aromatic N) is 3. The topological polar surface area (TPSA) is 101 Å². The van der Waals surface area contributed by atoms with Gasteiger partial charge >= 0.3 is 0 Å². The lowest BCUT2D eigenvalue weighted by Gasteiger charge is -2.35. The molecule has 0 aliphatic heterocycles. The van der Waals surface area contributed by atoms with Gasteiger partial charge in [0.1, 0.15) is 11.6 Å². The van der Waals surface area contributed by atoms with E-state index in [4.69, 9.17) is 20.6 Å². The third-order valence-electron chi connectivity index (χ3n) is 8.44. The summed E-state index contributed by atoms with van der Waals surface area (Å²) < 4.78 is 5.46. The fraction of sp³-hybridized carbons (Fsp3) is 0.559. The first-order valence-electron chi connectivity index (χ1n) is 15.2. The van der Waals surface area contributed by atoms with Crippen molar-refractivity contribution in [3.8, 4) is 5.75 Å². The zero-order valence-corrected chi connectivity index (χ0v) is 25.7. The molecule has 7 nitrogen and oxygen atoms in total. The molecule has 2 aromatic rings. The third kappa shape index (κ3) is 8.90. The van der Waals surface area contributed by atoms with Crippen molar-refractivity contribution in [2.45, 2.75) is 90.5 Å². The predicted molar refractivity (Wildman–Crippen MR) is 170 cm³/mol. The molecule has 4 rings (SSSR count). The van der Waals surface area contributed by atoms with Crippen molar-refractivity contribution in [3.05, 3.63) is 59.4 Å². The first-order chi connectivity index (χ1) is 19.9. The molecule has 0 radical (unpaired) electrons. The number of carbonyl (C=O) groups is 1. The number of nitrogens with two attached hydrogens (primary N) is 1. The van der Waals surface area contributed by atoms with Gasteiger partial charge in [-0.25, -0.2) is 4.98 Å². The van der Waals surface area contributed by atoms with Crippen LogP contribution >= 0.6 is 0 Å². The van der Waals surface area contributed by atoms with E-state index < -0.39 is 0 Å². The van der Waals surface area contributed by atoms with Gasteiger partial charge in [-0.05, 0) is 106 Å². The summed E-state index contributed by atoms with van der Waals surface area (Å²) in [6.07, 6.45) is 15.2. The standard InChI is InChI=1S/C33H46N4O2.CH4O/c1-23(2)36-21-30(20-34)29-16-17-35-32(19-29)37(33(38)27-8-6-5-7-9-27)22-25-10-12-26(13-11-25)28-14-15-31(39-4)24(3)18-28;1-2/h14-21,23,25-27H,5-13,22,34H2,1-4H3;2H,1H3/b30-20+,36-21?;. The molecule has 41 heavy (non-hydrogen) atoms. The summed E-state index contributed by atoms with van der Waals surface area (Å²) in [7, 11) is 2.73. The van der Waals surface area contributed by atoms with Crippen molar-refractivity contribution in [3.63, 3.8) is 0 Å². The number of methoxy groups -OCH3 is 1. The maximum absolute atomic E-state index is 13.9. The van der Waals surface area contributed by atoms with Crippen LogP contribution in [0.3, 0.4) is 0 Å². The van der Waals surface area contributed by atoms with E-state index in [9.17, 15) is 4.79 Å². The molecule has 1 aromatic heterocycles.